The minimum atomic E-state index is -0.459. The normalized spacial score (nSPS) is 16.5. The molecule has 0 aliphatic carbocycles. The van der Waals surface area contributed by atoms with E-state index in [1.165, 1.54) is 17.4 Å². The Morgan fingerprint density at radius 1 is 1.21 bits per heavy atom. The molecule has 0 spiro atoms. The van der Waals surface area contributed by atoms with E-state index in [0.29, 0.717) is 28.6 Å². The van der Waals surface area contributed by atoms with Gasteiger partial charge in [-0.2, -0.15) is 0 Å². The summed E-state index contributed by atoms with van der Waals surface area (Å²) in [5.74, 6) is -0.396. The maximum Gasteiger partial charge on any atom is 0.270 e. The average Bonchev–Trinajstić information content (AvgIpc) is 3.12. The molecule has 5 rings (SSSR count). The lowest BCUT2D eigenvalue weighted by Gasteiger charge is -2.29. The van der Waals surface area contributed by atoms with E-state index in [-0.39, 0.29) is 17.8 Å². The Morgan fingerprint density at radius 3 is 2.69 bits per heavy atom. The van der Waals surface area contributed by atoms with Crippen LogP contribution in [0.5, 0.6) is 5.75 Å². The first-order valence-corrected chi connectivity index (χ1v) is 10.5. The molecule has 1 aromatic heterocycles. The van der Waals surface area contributed by atoms with Gasteiger partial charge >= 0.3 is 0 Å². The number of anilines is 1. The van der Waals surface area contributed by atoms with Crippen molar-refractivity contribution in [2.45, 2.75) is 12.5 Å². The highest BCUT2D eigenvalue weighted by Crippen LogP contribution is 2.34. The number of nitrogens with zero attached hydrogens (tertiary/aromatic N) is 2. The Labute approximate surface area is 176 Å². The third-order valence-electron chi connectivity index (χ3n) is 5.06. The molecule has 2 aliphatic rings. The number of thiazole rings is 1. The SMILES string of the molecule is O=C1c2sc(-c3ccc(Cl)cc3)nc2CCN1c1ccc(OC2CNC2)c(F)c1. The lowest BCUT2D eigenvalue weighted by Crippen LogP contribution is -2.50. The molecule has 3 heterocycles. The van der Waals surface area contributed by atoms with Crippen molar-refractivity contribution >= 4 is 34.5 Å². The Kier molecular flexibility index (Phi) is 4.73. The van der Waals surface area contributed by atoms with Crippen LogP contribution in [0.1, 0.15) is 15.4 Å². The summed E-state index contributed by atoms with van der Waals surface area (Å²) in [5, 5.41) is 4.52. The van der Waals surface area contributed by atoms with Gasteiger partial charge in [0.2, 0.25) is 0 Å². The maximum absolute atomic E-state index is 14.5. The van der Waals surface area contributed by atoms with Crippen molar-refractivity contribution in [1.29, 1.82) is 0 Å². The summed E-state index contributed by atoms with van der Waals surface area (Å²) < 4.78 is 20.1. The standard InChI is InChI=1S/C21H17ClFN3O2S/c22-13-3-1-12(2-4-13)20-25-17-7-8-26(21(27)19(17)29-20)14-5-6-18(16(23)9-14)28-15-10-24-11-15/h1-6,9,15,24H,7-8,10-11H2. The summed E-state index contributed by atoms with van der Waals surface area (Å²) in [6.45, 7) is 1.90. The highest BCUT2D eigenvalue weighted by molar-refractivity contribution is 7.17. The van der Waals surface area contributed by atoms with Gasteiger partial charge in [0.15, 0.2) is 11.6 Å². The molecule has 1 N–H and O–H groups in total. The van der Waals surface area contributed by atoms with Crippen molar-refractivity contribution in [3.05, 3.63) is 63.9 Å². The minimum absolute atomic E-state index is 0.00184. The van der Waals surface area contributed by atoms with E-state index in [9.17, 15) is 9.18 Å². The number of rotatable bonds is 4. The number of aromatic nitrogens is 1. The molecule has 1 fully saturated rings. The van der Waals surface area contributed by atoms with Crippen molar-refractivity contribution in [2.75, 3.05) is 24.5 Å². The third kappa shape index (κ3) is 3.50. The number of nitrogens with one attached hydrogen (secondary N) is 1. The monoisotopic (exact) mass is 429 g/mol. The van der Waals surface area contributed by atoms with E-state index >= 15 is 0 Å². The predicted molar refractivity (Wildman–Crippen MR) is 112 cm³/mol. The number of ether oxygens (including phenoxy) is 1. The molecule has 2 aliphatic heterocycles. The number of hydrogen-bond donors (Lipinski definition) is 1. The molecule has 0 saturated carbocycles. The van der Waals surface area contributed by atoms with Crippen molar-refractivity contribution < 1.29 is 13.9 Å². The second-order valence-corrected chi connectivity index (χ2v) is 8.46. The van der Waals surface area contributed by atoms with Gasteiger partial charge in [-0.15, -0.1) is 11.3 Å². The summed E-state index contributed by atoms with van der Waals surface area (Å²) in [6, 6.07) is 12.1. The van der Waals surface area contributed by atoms with Crippen LogP contribution in [0.2, 0.25) is 5.02 Å². The van der Waals surface area contributed by atoms with Crippen LogP contribution in [0.25, 0.3) is 10.6 Å². The van der Waals surface area contributed by atoms with E-state index in [2.05, 4.69) is 10.3 Å². The fraction of sp³-hybridized carbons (Fsp3) is 0.238. The largest absolute Gasteiger partial charge is 0.485 e. The molecule has 8 heteroatoms. The van der Waals surface area contributed by atoms with Crippen LogP contribution in [-0.4, -0.2) is 36.6 Å². The fourth-order valence-electron chi connectivity index (χ4n) is 3.37. The van der Waals surface area contributed by atoms with Gasteiger partial charge in [-0.3, -0.25) is 4.79 Å². The van der Waals surface area contributed by atoms with E-state index in [4.69, 9.17) is 16.3 Å². The highest BCUT2D eigenvalue weighted by Gasteiger charge is 2.30. The molecule has 0 atom stereocenters. The van der Waals surface area contributed by atoms with Gasteiger partial charge in [-0.1, -0.05) is 23.7 Å². The molecule has 0 radical (unpaired) electrons. The van der Waals surface area contributed by atoms with Gasteiger partial charge in [-0.25, -0.2) is 9.37 Å². The van der Waals surface area contributed by atoms with Gasteiger partial charge < -0.3 is 15.0 Å². The molecule has 0 bridgehead atoms. The quantitative estimate of drug-likeness (QED) is 0.676. The Bertz CT molecular complexity index is 1080. The summed E-state index contributed by atoms with van der Waals surface area (Å²) in [4.78, 5) is 19.9. The molecule has 1 saturated heterocycles. The van der Waals surface area contributed by atoms with Gasteiger partial charge in [0, 0.05) is 48.4 Å². The summed E-state index contributed by atoms with van der Waals surface area (Å²) in [5.41, 5.74) is 2.24. The Balaban J connectivity index is 1.39. The Hall–Kier alpha value is -2.48. The predicted octanol–water partition coefficient (Wildman–Crippen LogP) is 4.16. The van der Waals surface area contributed by atoms with Crippen molar-refractivity contribution in [3.8, 4) is 16.3 Å². The fourth-order valence-corrected chi connectivity index (χ4v) is 4.56. The van der Waals surface area contributed by atoms with Gasteiger partial charge in [0.1, 0.15) is 16.0 Å². The number of carbonyl (C=O) groups is 1. The molecular formula is C21H17ClFN3O2S. The molecule has 0 unspecified atom stereocenters. The van der Waals surface area contributed by atoms with Crippen LogP contribution in [0, 0.1) is 5.82 Å². The second kappa shape index (κ2) is 7.40. The molecule has 29 heavy (non-hydrogen) atoms. The number of fused-ring (bicyclic) bond motifs is 1. The van der Waals surface area contributed by atoms with Gasteiger partial charge in [-0.05, 0) is 24.3 Å². The zero-order chi connectivity index (χ0) is 20.0. The van der Waals surface area contributed by atoms with Crippen LogP contribution in [-0.2, 0) is 6.42 Å². The van der Waals surface area contributed by atoms with Crippen LogP contribution in [0.4, 0.5) is 10.1 Å². The molecule has 2 aromatic carbocycles. The van der Waals surface area contributed by atoms with E-state index in [0.717, 1.165) is 29.4 Å². The second-order valence-electron chi connectivity index (χ2n) is 7.02. The lowest BCUT2D eigenvalue weighted by atomic mass is 10.1. The molecule has 3 aromatic rings. The summed E-state index contributed by atoms with van der Waals surface area (Å²) in [7, 11) is 0. The zero-order valence-corrected chi connectivity index (χ0v) is 16.9. The first-order chi connectivity index (χ1) is 14.1. The van der Waals surface area contributed by atoms with E-state index < -0.39 is 5.82 Å². The van der Waals surface area contributed by atoms with E-state index in [1.54, 1.807) is 29.2 Å². The topological polar surface area (TPSA) is 54.5 Å². The average molecular weight is 430 g/mol. The van der Waals surface area contributed by atoms with Gasteiger partial charge in [0.25, 0.3) is 5.91 Å². The number of hydrogen-bond acceptors (Lipinski definition) is 5. The summed E-state index contributed by atoms with van der Waals surface area (Å²) in [6.07, 6.45) is 0.622. The number of benzene rings is 2. The van der Waals surface area contributed by atoms with Crippen LogP contribution >= 0.6 is 22.9 Å². The molecule has 148 valence electrons. The first kappa shape index (κ1) is 18.5. The number of carbonyl (C=O) groups excluding carboxylic acids is 1. The van der Waals surface area contributed by atoms with Crippen molar-refractivity contribution in [3.63, 3.8) is 0 Å². The van der Waals surface area contributed by atoms with Crippen molar-refractivity contribution in [1.82, 2.24) is 10.3 Å². The minimum Gasteiger partial charge on any atom is -0.485 e. The molecule has 5 nitrogen and oxygen atoms in total. The highest BCUT2D eigenvalue weighted by atomic mass is 35.5. The smallest absolute Gasteiger partial charge is 0.270 e. The van der Waals surface area contributed by atoms with Crippen molar-refractivity contribution in [2.24, 2.45) is 0 Å². The lowest BCUT2D eigenvalue weighted by molar-refractivity contribution is 0.0984. The first-order valence-electron chi connectivity index (χ1n) is 9.33. The number of halogens is 2. The van der Waals surface area contributed by atoms with Crippen LogP contribution < -0.4 is 15.0 Å². The van der Waals surface area contributed by atoms with Gasteiger partial charge in [0.05, 0.1) is 5.69 Å². The molecule has 1 amide bonds. The van der Waals surface area contributed by atoms with Crippen LogP contribution in [0.15, 0.2) is 42.5 Å². The summed E-state index contributed by atoms with van der Waals surface area (Å²) >= 11 is 7.31. The Morgan fingerprint density at radius 2 is 2.00 bits per heavy atom. The zero-order valence-electron chi connectivity index (χ0n) is 15.3. The number of amides is 1. The maximum atomic E-state index is 14.5. The van der Waals surface area contributed by atoms with E-state index in [1.807, 2.05) is 12.1 Å². The third-order valence-corrected chi connectivity index (χ3v) is 6.45. The van der Waals surface area contributed by atoms with Crippen LogP contribution in [0.3, 0.4) is 0 Å². The molecular weight excluding hydrogens is 413 g/mol.